The van der Waals surface area contributed by atoms with E-state index in [1.807, 2.05) is 0 Å². The Balaban J connectivity index is 1.99. The second-order valence-electron chi connectivity index (χ2n) is 4.90. The molecule has 108 valence electrons. The summed E-state index contributed by atoms with van der Waals surface area (Å²) in [7, 11) is 0. The smallest absolute Gasteiger partial charge is 0.269 e. The zero-order chi connectivity index (χ0) is 14.5. The van der Waals surface area contributed by atoms with Crippen LogP contribution in [0.5, 0.6) is 0 Å². The molecule has 0 aromatic heterocycles. The van der Waals surface area contributed by atoms with Gasteiger partial charge in [-0.1, -0.05) is 12.8 Å². The summed E-state index contributed by atoms with van der Waals surface area (Å²) in [6.07, 6.45) is 4.30. The summed E-state index contributed by atoms with van der Waals surface area (Å²) >= 11 is 5.62. The van der Waals surface area contributed by atoms with Crippen LogP contribution in [0.1, 0.15) is 31.2 Å². The van der Waals surface area contributed by atoms with Crippen LogP contribution in [0, 0.1) is 10.1 Å². The van der Waals surface area contributed by atoms with Crippen molar-refractivity contribution in [1.82, 2.24) is 0 Å². The van der Waals surface area contributed by atoms with E-state index < -0.39 is 4.92 Å². The van der Waals surface area contributed by atoms with Gasteiger partial charge in [0.15, 0.2) is 0 Å². The molecule has 0 spiro atoms. The summed E-state index contributed by atoms with van der Waals surface area (Å²) in [6, 6.07) is 4.63. The average Bonchev–Trinajstić information content (AvgIpc) is 2.73. The van der Waals surface area contributed by atoms with Gasteiger partial charge in [-0.25, -0.2) is 0 Å². The predicted octanol–water partition coefficient (Wildman–Crippen LogP) is 3.28. The Hall–Kier alpha value is -1.62. The van der Waals surface area contributed by atoms with Crippen LogP contribution >= 0.6 is 11.6 Å². The topological polar surface area (TPSA) is 63.4 Å². The molecule has 1 aliphatic heterocycles. The molecule has 0 atom stereocenters. The fourth-order valence-electron chi connectivity index (χ4n) is 2.45. The first-order valence-electron chi connectivity index (χ1n) is 6.77. The molecule has 6 heteroatoms. The number of nitrogens with zero attached hydrogens (tertiary/aromatic N) is 2. The normalized spacial score (nSPS) is 13.7. The van der Waals surface area contributed by atoms with E-state index in [9.17, 15) is 14.9 Å². The molecule has 2 rings (SSSR count). The van der Waals surface area contributed by atoms with Gasteiger partial charge in [0.2, 0.25) is 5.91 Å². The number of alkyl halides is 1. The summed E-state index contributed by atoms with van der Waals surface area (Å²) in [4.78, 5) is 24.0. The van der Waals surface area contributed by atoms with Crippen LogP contribution in [0.15, 0.2) is 18.2 Å². The number of non-ortho nitro benzene ring substituents is 1. The van der Waals surface area contributed by atoms with Crippen molar-refractivity contribution in [3.8, 4) is 0 Å². The number of amides is 1. The molecular formula is C14H17ClN2O3. The van der Waals surface area contributed by atoms with Crippen LogP contribution in [0.4, 0.5) is 11.4 Å². The number of hydrogen-bond acceptors (Lipinski definition) is 3. The molecule has 20 heavy (non-hydrogen) atoms. The molecule has 0 aliphatic carbocycles. The second-order valence-corrected chi connectivity index (χ2v) is 5.27. The summed E-state index contributed by atoms with van der Waals surface area (Å²) < 4.78 is 0. The lowest BCUT2D eigenvalue weighted by atomic mass is 10.1. The number of anilines is 1. The molecule has 0 saturated heterocycles. The van der Waals surface area contributed by atoms with Crippen molar-refractivity contribution in [2.75, 3.05) is 17.3 Å². The minimum absolute atomic E-state index is 0.0258. The van der Waals surface area contributed by atoms with Crippen LogP contribution in [-0.2, 0) is 11.2 Å². The number of fused-ring (bicyclic) bond motifs is 1. The quantitative estimate of drug-likeness (QED) is 0.336. The number of benzene rings is 1. The molecule has 1 aliphatic rings. The number of hydrogen-bond donors (Lipinski definition) is 0. The lowest BCUT2D eigenvalue weighted by Crippen LogP contribution is -2.27. The van der Waals surface area contributed by atoms with E-state index in [4.69, 9.17) is 11.6 Å². The van der Waals surface area contributed by atoms with E-state index in [0.29, 0.717) is 12.4 Å². The summed E-state index contributed by atoms with van der Waals surface area (Å²) in [5.74, 6) is 0.702. The largest absolute Gasteiger partial charge is 0.312 e. The van der Waals surface area contributed by atoms with Crippen LogP contribution < -0.4 is 4.90 Å². The Kier molecular flexibility index (Phi) is 4.95. The lowest BCUT2D eigenvalue weighted by molar-refractivity contribution is -0.384. The number of carbonyl (C=O) groups excluding carboxylic acids is 1. The standard InChI is InChI=1S/C14H17ClN2O3/c15-7-3-1-2-4-8-16-13-6-5-12(17(19)20)9-11(13)10-14(16)18/h5-6,9H,1-4,7-8,10H2. The molecule has 1 aromatic carbocycles. The zero-order valence-corrected chi connectivity index (χ0v) is 11.9. The van der Waals surface area contributed by atoms with Crippen LogP contribution in [-0.4, -0.2) is 23.3 Å². The summed E-state index contributed by atoms with van der Waals surface area (Å²) in [5, 5.41) is 10.7. The minimum atomic E-state index is -0.431. The second kappa shape index (κ2) is 6.70. The fourth-order valence-corrected chi connectivity index (χ4v) is 2.64. The fraction of sp³-hybridized carbons (Fsp3) is 0.500. The van der Waals surface area contributed by atoms with Crippen molar-refractivity contribution in [3.05, 3.63) is 33.9 Å². The molecule has 0 unspecified atom stereocenters. The SMILES string of the molecule is O=C1Cc2cc([N+](=O)[O-])ccc2N1CCCCCCCl. The molecule has 5 nitrogen and oxygen atoms in total. The number of carbonyl (C=O) groups is 1. The predicted molar refractivity (Wildman–Crippen MR) is 78.3 cm³/mol. The van der Waals surface area contributed by atoms with E-state index in [1.165, 1.54) is 12.1 Å². The van der Waals surface area contributed by atoms with Crippen molar-refractivity contribution in [1.29, 1.82) is 0 Å². The van der Waals surface area contributed by atoms with Gasteiger partial charge < -0.3 is 4.90 Å². The van der Waals surface area contributed by atoms with Gasteiger partial charge in [0.25, 0.3) is 5.69 Å². The first-order valence-corrected chi connectivity index (χ1v) is 7.30. The third-order valence-corrected chi connectivity index (χ3v) is 3.74. The molecule has 1 aromatic rings. The molecular weight excluding hydrogens is 280 g/mol. The highest BCUT2D eigenvalue weighted by atomic mass is 35.5. The lowest BCUT2D eigenvalue weighted by Gasteiger charge is -2.17. The molecule has 0 radical (unpaired) electrons. The van der Waals surface area contributed by atoms with E-state index in [1.54, 1.807) is 11.0 Å². The Labute approximate surface area is 122 Å². The van der Waals surface area contributed by atoms with E-state index in [2.05, 4.69) is 0 Å². The van der Waals surface area contributed by atoms with E-state index >= 15 is 0 Å². The molecule has 1 heterocycles. The Morgan fingerprint density at radius 1 is 1.25 bits per heavy atom. The third kappa shape index (κ3) is 3.28. The molecule has 0 N–H and O–H groups in total. The van der Waals surface area contributed by atoms with Gasteiger partial charge in [0.1, 0.15) is 0 Å². The van der Waals surface area contributed by atoms with Gasteiger partial charge in [-0.2, -0.15) is 0 Å². The van der Waals surface area contributed by atoms with Crippen LogP contribution in [0.25, 0.3) is 0 Å². The highest BCUT2D eigenvalue weighted by Crippen LogP contribution is 2.32. The summed E-state index contributed by atoms with van der Waals surface area (Å²) in [5.41, 5.74) is 1.61. The number of nitro benzene ring substituents is 1. The van der Waals surface area contributed by atoms with Gasteiger partial charge in [-0.05, 0) is 24.5 Å². The maximum Gasteiger partial charge on any atom is 0.269 e. The van der Waals surface area contributed by atoms with Crippen molar-refractivity contribution in [3.63, 3.8) is 0 Å². The zero-order valence-electron chi connectivity index (χ0n) is 11.2. The first-order chi connectivity index (χ1) is 9.63. The van der Waals surface area contributed by atoms with Gasteiger partial charge in [0, 0.05) is 30.2 Å². The molecule has 0 fully saturated rings. The van der Waals surface area contributed by atoms with Gasteiger partial charge in [-0.3, -0.25) is 14.9 Å². The number of halogens is 1. The van der Waals surface area contributed by atoms with Crippen molar-refractivity contribution >= 4 is 28.9 Å². The van der Waals surface area contributed by atoms with Crippen LogP contribution in [0.3, 0.4) is 0 Å². The monoisotopic (exact) mass is 296 g/mol. The maximum atomic E-state index is 12.0. The Bertz CT molecular complexity index is 519. The van der Waals surface area contributed by atoms with Crippen molar-refractivity contribution < 1.29 is 9.72 Å². The van der Waals surface area contributed by atoms with E-state index in [-0.39, 0.29) is 18.0 Å². The first kappa shape index (κ1) is 14.8. The Morgan fingerprint density at radius 3 is 2.70 bits per heavy atom. The average molecular weight is 297 g/mol. The van der Waals surface area contributed by atoms with Gasteiger partial charge >= 0.3 is 0 Å². The number of unbranched alkanes of at least 4 members (excludes halogenated alkanes) is 3. The molecule has 1 amide bonds. The van der Waals surface area contributed by atoms with Gasteiger partial charge in [-0.15, -0.1) is 11.6 Å². The van der Waals surface area contributed by atoms with Crippen LogP contribution in [0.2, 0.25) is 0 Å². The number of rotatable bonds is 7. The van der Waals surface area contributed by atoms with E-state index in [0.717, 1.165) is 36.9 Å². The highest BCUT2D eigenvalue weighted by Gasteiger charge is 2.28. The van der Waals surface area contributed by atoms with Crippen molar-refractivity contribution in [2.45, 2.75) is 32.1 Å². The van der Waals surface area contributed by atoms with Gasteiger partial charge in [0.05, 0.1) is 11.3 Å². The molecule has 0 saturated carbocycles. The van der Waals surface area contributed by atoms with Crippen molar-refractivity contribution in [2.24, 2.45) is 0 Å². The summed E-state index contributed by atoms with van der Waals surface area (Å²) in [6.45, 7) is 0.673. The molecule has 0 bridgehead atoms. The Morgan fingerprint density at radius 2 is 2.00 bits per heavy atom. The maximum absolute atomic E-state index is 12.0. The third-order valence-electron chi connectivity index (χ3n) is 3.47. The minimum Gasteiger partial charge on any atom is -0.312 e. The number of nitro groups is 1. The highest BCUT2D eigenvalue weighted by molar-refractivity contribution is 6.17.